The summed E-state index contributed by atoms with van der Waals surface area (Å²) in [6.45, 7) is -7.07. The van der Waals surface area contributed by atoms with Crippen LogP contribution in [-0.4, -0.2) is 76.5 Å². The summed E-state index contributed by atoms with van der Waals surface area (Å²) in [5, 5.41) is 0. The molecule has 0 radical (unpaired) electrons. The van der Waals surface area contributed by atoms with Crippen LogP contribution >= 0.6 is 0 Å². The molecule has 0 atom stereocenters. The van der Waals surface area contributed by atoms with Crippen LogP contribution in [0, 0.1) is 0 Å². The molecule has 0 N–H and O–H groups in total. The third-order valence-corrected chi connectivity index (χ3v) is 3.33. The van der Waals surface area contributed by atoms with E-state index in [2.05, 4.69) is 18.4 Å². The van der Waals surface area contributed by atoms with E-state index >= 15 is 0 Å². The van der Waals surface area contributed by atoms with E-state index < -0.39 is 84.8 Å². The van der Waals surface area contributed by atoms with Crippen LogP contribution in [0.15, 0.2) is 0 Å². The van der Waals surface area contributed by atoms with Crippen molar-refractivity contribution in [1.82, 2.24) is 0 Å². The van der Waals surface area contributed by atoms with Gasteiger partial charge in [0.1, 0.15) is 0 Å². The van der Waals surface area contributed by atoms with Gasteiger partial charge in [0.05, 0.1) is 19.1 Å². The second kappa shape index (κ2) is 10.5. The Labute approximate surface area is 172 Å². The van der Waals surface area contributed by atoms with Crippen LogP contribution in [0.5, 0.6) is 0 Å². The Balaban J connectivity index is 6.00. The Morgan fingerprint density at radius 2 is 0.969 bits per heavy atom. The molecule has 0 aliphatic rings. The fourth-order valence-corrected chi connectivity index (χ4v) is 2.53. The highest BCUT2D eigenvalue weighted by Gasteiger charge is 2.51. The van der Waals surface area contributed by atoms with Gasteiger partial charge in [-0.05, 0) is 0 Å². The molecule has 0 fully saturated rings. The van der Waals surface area contributed by atoms with Crippen LogP contribution in [0.4, 0.5) is 39.5 Å². The van der Waals surface area contributed by atoms with E-state index in [9.17, 15) is 62.3 Å². The van der Waals surface area contributed by atoms with Crippen LogP contribution in [0.3, 0.4) is 0 Å². The molecule has 0 aromatic carbocycles. The van der Waals surface area contributed by atoms with E-state index in [-0.39, 0.29) is 6.26 Å². The normalized spacial score (nSPS) is 13.4. The lowest BCUT2D eigenvalue weighted by Gasteiger charge is -2.28. The maximum absolute atomic E-state index is 12.3. The molecule has 32 heavy (non-hydrogen) atoms. The van der Waals surface area contributed by atoms with Gasteiger partial charge in [-0.15, -0.1) is 0 Å². The van der Waals surface area contributed by atoms with Gasteiger partial charge in [0, 0.05) is 0 Å². The van der Waals surface area contributed by atoms with Gasteiger partial charge in [-0.1, -0.05) is 0 Å². The summed E-state index contributed by atoms with van der Waals surface area (Å²) in [6.07, 6.45) is -19.3. The molecule has 0 heterocycles. The highest BCUT2D eigenvalue weighted by Crippen LogP contribution is 2.29. The van der Waals surface area contributed by atoms with Gasteiger partial charge in [-0.25, -0.2) is 4.79 Å². The van der Waals surface area contributed by atoms with Crippen molar-refractivity contribution in [2.45, 2.75) is 37.0 Å². The zero-order valence-electron chi connectivity index (χ0n) is 15.5. The lowest BCUT2D eigenvalue weighted by atomic mass is 9.95. The molecule has 188 valence electrons. The Morgan fingerprint density at radius 1 is 0.656 bits per heavy atom. The fraction of sp³-hybridized carbons (Fsp3) is 0.769. The van der Waals surface area contributed by atoms with Crippen molar-refractivity contribution in [1.29, 1.82) is 0 Å². The molecule has 0 bridgehead atoms. The monoisotopic (exact) mass is 516 g/mol. The Hall–Kier alpha value is -2.31. The SMILES string of the molecule is CS(=O)(=O)OC(CC(=O)OCC(F)(F)F)(CC(=O)OCC(F)(F)F)C(=O)OCC(F)(F)F. The smallest absolute Gasteiger partial charge is 0.422 e. The minimum atomic E-state index is -5.25. The third kappa shape index (κ3) is 13.9. The first-order valence-electron chi connectivity index (χ1n) is 7.63. The lowest BCUT2D eigenvalue weighted by Crippen LogP contribution is -2.49. The molecular weight excluding hydrogens is 503 g/mol. The summed E-state index contributed by atoms with van der Waals surface area (Å²) in [6, 6.07) is 0. The summed E-state index contributed by atoms with van der Waals surface area (Å²) in [4.78, 5) is 35.4. The minimum absolute atomic E-state index is 0.140. The van der Waals surface area contributed by atoms with Crippen LogP contribution in [0.1, 0.15) is 12.8 Å². The zero-order valence-corrected chi connectivity index (χ0v) is 16.3. The van der Waals surface area contributed by atoms with Gasteiger partial charge in [0.2, 0.25) is 5.60 Å². The van der Waals surface area contributed by atoms with Gasteiger partial charge < -0.3 is 14.2 Å². The van der Waals surface area contributed by atoms with E-state index in [1.165, 1.54) is 0 Å². The standard InChI is InChI=1S/C13H13F9O9S/c1-32(26,27)31-10(9(25)30-6-13(20,21)22,2-7(23)28-4-11(14,15)16)3-8(24)29-5-12(17,18)19/h2-6H2,1H3. The second-order valence-electron chi connectivity index (χ2n) is 5.88. The predicted molar refractivity (Wildman–Crippen MR) is 78.9 cm³/mol. The van der Waals surface area contributed by atoms with E-state index in [1.807, 2.05) is 0 Å². The van der Waals surface area contributed by atoms with Crippen molar-refractivity contribution < 1.29 is 80.7 Å². The number of carbonyl (C=O) groups excluding carboxylic acids is 3. The van der Waals surface area contributed by atoms with Crippen LogP contribution < -0.4 is 0 Å². The molecule has 0 spiro atoms. The first-order chi connectivity index (χ1) is 14.0. The van der Waals surface area contributed by atoms with Crippen LogP contribution in [0.2, 0.25) is 0 Å². The number of hydrogen-bond donors (Lipinski definition) is 0. The summed E-state index contributed by atoms with van der Waals surface area (Å²) in [5.41, 5.74) is -3.68. The molecule has 0 aliphatic heterocycles. The van der Waals surface area contributed by atoms with E-state index in [0.717, 1.165) is 0 Å². The summed E-state index contributed by atoms with van der Waals surface area (Å²) < 4.78 is 148. The molecule has 0 rings (SSSR count). The largest absolute Gasteiger partial charge is 0.456 e. The number of ether oxygens (including phenoxy) is 3. The third-order valence-electron chi connectivity index (χ3n) is 2.70. The van der Waals surface area contributed by atoms with Gasteiger partial charge in [-0.3, -0.25) is 13.8 Å². The predicted octanol–water partition coefficient (Wildman–Crippen LogP) is 1.80. The van der Waals surface area contributed by atoms with Gasteiger partial charge >= 0.3 is 36.4 Å². The maximum atomic E-state index is 12.3. The van der Waals surface area contributed by atoms with Crippen LogP contribution in [-0.2, 0) is 42.9 Å². The fourth-order valence-electron chi connectivity index (χ4n) is 1.76. The van der Waals surface area contributed by atoms with E-state index in [4.69, 9.17) is 0 Å². The topological polar surface area (TPSA) is 122 Å². The Kier molecular flexibility index (Phi) is 9.78. The molecule has 0 amide bonds. The number of hydrogen-bond acceptors (Lipinski definition) is 9. The molecule has 0 unspecified atom stereocenters. The Morgan fingerprint density at radius 3 is 1.25 bits per heavy atom. The highest BCUT2D eigenvalue weighted by atomic mass is 32.2. The molecule has 0 aliphatic carbocycles. The lowest BCUT2D eigenvalue weighted by molar-refractivity contribution is -0.205. The Bertz CT molecular complexity index is 752. The molecule has 19 heteroatoms. The zero-order chi connectivity index (χ0) is 25.6. The van der Waals surface area contributed by atoms with Crippen molar-refractivity contribution in [3.05, 3.63) is 0 Å². The molecule has 0 saturated heterocycles. The quantitative estimate of drug-likeness (QED) is 0.185. The number of esters is 3. The van der Waals surface area contributed by atoms with Crippen molar-refractivity contribution in [3.8, 4) is 0 Å². The number of carbonyl (C=O) groups is 3. The van der Waals surface area contributed by atoms with E-state index in [0.29, 0.717) is 0 Å². The summed E-state index contributed by atoms with van der Waals surface area (Å²) in [5.74, 6) is -6.69. The van der Waals surface area contributed by atoms with Gasteiger partial charge in [0.15, 0.2) is 19.8 Å². The van der Waals surface area contributed by atoms with Crippen molar-refractivity contribution in [2.24, 2.45) is 0 Å². The number of rotatable bonds is 10. The number of alkyl halides is 9. The average molecular weight is 516 g/mol. The second-order valence-corrected chi connectivity index (χ2v) is 7.45. The maximum Gasteiger partial charge on any atom is 0.422 e. The first kappa shape index (κ1) is 29.7. The van der Waals surface area contributed by atoms with Crippen molar-refractivity contribution >= 4 is 28.0 Å². The summed E-state index contributed by atoms with van der Waals surface area (Å²) >= 11 is 0. The molecule has 0 saturated carbocycles. The highest BCUT2D eigenvalue weighted by molar-refractivity contribution is 7.86. The minimum Gasteiger partial charge on any atom is -0.456 e. The summed E-state index contributed by atoms with van der Waals surface area (Å²) in [7, 11) is -5.00. The van der Waals surface area contributed by atoms with Gasteiger partial charge in [0.25, 0.3) is 10.1 Å². The number of halogens is 9. The van der Waals surface area contributed by atoms with Crippen LogP contribution in [0.25, 0.3) is 0 Å². The first-order valence-corrected chi connectivity index (χ1v) is 9.45. The van der Waals surface area contributed by atoms with Crippen molar-refractivity contribution in [3.63, 3.8) is 0 Å². The van der Waals surface area contributed by atoms with E-state index in [1.54, 1.807) is 0 Å². The van der Waals surface area contributed by atoms with Gasteiger partial charge in [-0.2, -0.15) is 47.9 Å². The molecule has 0 aromatic rings. The molecule has 0 aromatic heterocycles. The molecular formula is C13H13F9O9S. The van der Waals surface area contributed by atoms with Crippen molar-refractivity contribution in [2.75, 3.05) is 26.1 Å². The molecule has 9 nitrogen and oxygen atoms in total. The average Bonchev–Trinajstić information content (AvgIpc) is 2.52.